The van der Waals surface area contributed by atoms with Crippen molar-refractivity contribution in [2.75, 3.05) is 19.8 Å². The molecule has 2 aromatic rings. The van der Waals surface area contributed by atoms with E-state index in [0.717, 1.165) is 23.7 Å². The molecule has 1 atom stereocenters. The van der Waals surface area contributed by atoms with Crippen molar-refractivity contribution in [1.82, 2.24) is 19.8 Å². The first-order valence-corrected chi connectivity index (χ1v) is 9.00. The molecule has 7 heteroatoms. The van der Waals surface area contributed by atoms with Gasteiger partial charge in [-0.3, -0.25) is 9.48 Å². The minimum Gasteiger partial charge on any atom is -0.381 e. The van der Waals surface area contributed by atoms with Gasteiger partial charge in [-0.2, -0.15) is 5.10 Å². The molecule has 1 aliphatic carbocycles. The lowest BCUT2D eigenvalue weighted by Gasteiger charge is -2.31. The Labute approximate surface area is 146 Å². The summed E-state index contributed by atoms with van der Waals surface area (Å²) in [7, 11) is 0. The zero-order valence-electron chi connectivity index (χ0n) is 14.8. The third-order valence-electron chi connectivity index (χ3n) is 4.99. The number of rotatable bonds is 6. The van der Waals surface area contributed by atoms with Crippen molar-refractivity contribution < 1.29 is 14.1 Å². The summed E-state index contributed by atoms with van der Waals surface area (Å²) in [5.74, 6) is 1.39. The molecule has 3 heterocycles. The SMILES string of the molecule is CCOC[C@@H]1CN(C(=O)c2cnoc2C)Cc2cn(CC3CC3)nc21. The molecule has 1 aliphatic heterocycles. The molecule has 25 heavy (non-hydrogen) atoms. The number of carbonyl (C=O) groups is 1. The minimum atomic E-state index is -0.0409. The standard InChI is InChI=1S/C18H24N4O3/c1-3-24-11-15-9-21(18(23)16-6-19-25-12(16)2)8-14-10-22(20-17(14)15)7-13-4-5-13/h6,10,13,15H,3-5,7-9,11H2,1-2H3/t15-/m0/s1. The van der Waals surface area contributed by atoms with Gasteiger partial charge in [-0.1, -0.05) is 5.16 Å². The van der Waals surface area contributed by atoms with Gasteiger partial charge in [-0.05, 0) is 32.6 Å². The fraction of sp³-hybridized carbons (Fsp3) is 0.611. The molecule has 0 radical (unpaired) electrons. The van der Waals surface area contributed by atoms with Crippen LogP contribution in [0.2, 0.25) is 0 Å². The molecule has 0 N–H and O–H groups in total. The number of hydrogen-bond acceptors (Lipinski definition) is 5. The van der Waals surface area contributed by atoms with E-state index in [-0.39, 0.29) is 11.8 Å². The number of aryl methyl sites for hydroxylation is 1. The van der Waals surface area contributed by atoms with Crippen LogP contribution in [-0.2, 0) is 17.8 Å². The second-order valence-electron chi connectivity index (χ2n) is 7.04. The largest absolute Gasteiger partial charge is 0.381 e. The minimum absolute atomic E-state index is 0.0409. The molecule has 7 nitrogen and oxygen atoms in total. The van der Waals surface area contributed by atoms with Crippen LogP contribution in [0, 0.1) is 12.8 Å². The third kappa shape index (κ3) is 3.33. The van der Waals surface area contributed by atoms with E-state index in [1.165, 1.54) is 19.0 Å². The van der Waals surface area contributed by atoms with Gasteiger partial charge in [0.25, 0.3) is 5.91 Å². The number of nitrogens with zero attached hydrogens (tertiary/aromatic N) is 4. The zero-order valence-corrected chi connectivity index (χ0v) is 14.8. The van der Waals surface area contributed by atoms with Gasteiger partial charge < -0.3 is 14.2 Å². The second-order valence-corrected chi connectivity index (χ2v) is 7.04. The molecule has 134 valence electrons. The molecule has 2 aliphatic rings. The molecule has 4 rings (SSSR count). The molecule has 2 aromatic heterocycles. The van der Waals surface area contributed by atoms with E-state index in [2.05, 4.69) is 16.0 Å². The number of ether oxygens (including phenoxy) is 1. The topological polar surface area (TPSA) is 73.4 Å². The van der Waals surface area contributed by atoms with E-state index in [9.17, 15) is 4.79 Å². The highest BCUT2D eigenvalue weighted by Gasteiger charge is 2.33. The van der Waals surface area contributed by atoms with Crippen molar-refractivity contribution in [1.29, 1.82) is 0 Å². The Morgan fingerprint density at radius 1 is 1.44 bits per heavy atom. The van der Waals surface area contributed by atoms with Crippen molar-refractivity contribution in [2.45, 2.75) is 45.7 Å². The molecular formula is C18H24N4O3. The summed E-state index contributed by atoms with van der Waals surface area (Å²) in [6.45, 7) is 7.15. The first kappa shape index (κ1) is 16.3. The number of carbonyl (C=O) groups excluding carboxylic acids is 1. The summed E-state index contributed by atoms with van der Waals surface area (Å²) >= 11 is 0. The summed E-state index contributed by atoms with van der Waals surface area (Å²) in [4.78, 5) is 14.7. The van der Waals surface area contributed by atoms with Crippen LogP contribution in [-0.4, -0.2) is 45.5 Å². The fourth-order valence-electron chi connectivity index (χ4n) is 3.45. The Kier molecular flexibility index (Phi) is 4.33. The number of amides is 1. The maximum atomic E-state index is 12.9. The molecule has 1 saturated carbocycles. The fourth-order valence-corrected chi connectivity index (χ4v) is 3.45. The van der Waals surface area contributed by atoms with Gasteiger partial charge in [0.1, 0.15) is 11.3 Å². The molecule has 0 unspecified atom stereocenters. The van der Waals surface area contributed by atoms with Gasteiger partial charge in [-0.15, -0.1) is 0 Å². The molecule has 0 spiro atoms. The van der Waals surface area contributed by atoms with Crippen LogP contribution in [0.4, 0.5) is 0 Å². The van der Waals surface area contributed by atoms with E-state index >= 15 is 0 Å². The van der Waals surface area contributed by atoms with Gasteiger partial charge in [0, 0.05) is 43.9 Å². The lowest BCUT2D eigenvalue weighted by molar-refractivity contribution is 0.0650. The molecular weight excluding hydrogens is 320 g/mol. The molecule has 1 fully saturated rings. The predicted octanol–water partition coefficient (Wildman–Crippen LogP) is 2.37. The quantitative estimate of drug-likeness (QED) is 0.804. The first-order chi connectivity index (χ1) is 12.2. The van der Waals surface area contributed by atoms with Crippen molar-refractivity contribution in [3.05, 3.63) is 35.0 Å². The summed E-state index contributed by atoms with van der Waals surface area (Å²) in [5, 5.41) is 8.54. The Hall–Kier alpha value is -2.15. The second kappa shape index (κ2) is 6.63. The van der Waals surface area contributed by atoms with E-state index in [1.807, 2.05) is 11.8 Å². The molecule has 1 amide bonds. The van der Waals surface area contributed by atoms with Crippen LogP contribution in [0.3, 0.4) is 0 Å². The van der Waals surface area contributed by atoms with Crippen LogP contribution in [0.15, 0.2) is 16.9 Å². The van der Waals surface area contributed by atoms with Crippen molar-refractivity contribution in [3.8, 4) is 0 Å². The highest BCUT2D eigenvalue weighted by molar-refractivity contribution is 5.94. The van der Waals surface area contributed by atoms with Crippen molar-refractivity contribution in [2.24, 2.45) is 5.92 Å². The van der Waals surface area contributed by atoms with Crippen LogP contribution in [0.25, 0.3) is 0 Å². The molecule has 0 aromatic carbocycles. The Morgan fingerprint density at radius 3 is 2.96 bits per heavy atom. The van der Waals surface area contributed by atoms with Gasteiger partial charge >= 0.3 is 0 Å². The van der Waals surface area contributed by atoms with Gasteiger partial charge in [0.15, 0.2) is 0 Å². The maximum Gasteiger partial charge on any atom is 0.259 e. The first-order valence-electron chi connectivity index (χ1n) is 9.00. The lowest BCUT2D eigenvalue weighted by Crippen LogP contribution is -2.39. The summed E-state index contributed by atoms with van der Waals surface area (Å²) < 4.78 is 12.8. The summed E-state index contributed by atoms with van der Waals surface area (Å²) in [6.07, 6.45) is 6.20. The predicted molar refractivity (Wildman–Crippen MR) is 90.2 cm³/mol. The van der Waals surface area contributed by atoms with Crippen LogP contribution in [0.1, 0.15) is 53.1 Å². The normalized spacial score (nSPS) is 19.9. The van der Waals surface area contributed by atoms with Crippen molar-refractivity contribution >= 4 is 5.91 Å². The zero-order chi connectivity index (χ0) is 17.4. The monoisotopic (exact) mass is 344 g/mol. The summed E-state index contributed by atoms with van der Waals surface area (Å²) in [5.41, 5.74) is 2.74. The Balaban J connectivity index is 1.58. The third-order valence-corrected chi connectivity index (χ3v) is 4.99. The van der Waals surface area contributed by atoms with Crippen molar-refractivity contribution in [3.63, 3.8) is 0 Å². The average molecular weight is 344 g/mol. The van der Waals surface area contributed by atoms with E-state index in [4.69, 9.17) is 14.4 Å². The van der Waals surface area contributed by atoms with Gasteiger partial charge in [0.05, 0.1) is 18.5 Å². The van der Waals surface area contributed by atoms with Crippen LogP contribution >= 0.6 is 0 Å². The maximum absolute atomic E-state index is 12.9. The Morgan fingerprint density at radius 2 is 2.28 bits per heavy atom. The number of fused-ring (bicyclic) bond motifs is 1. The van der Waals surface area contributed by atoms with E-state index < -0.39 is 0 Å². The highest BCUT2D eigenvalue weighted by Crippen LogP contribution is 2.33. The molecule has 0 bridgehead atoms. The van der Waals surface area contributed by atoms with E-state index in [0.29, 0.717) is 37.6 Å². The highest BCUT2D eigenvalue weighted by atomic mass is 16.5. The van der Waals surface area contributed by atoms with E-state index in [1.54, 1.807) is 6.92 Å². The molecule has 0 saturated heterocycles. The van der Waals surface area contributed by atoms with Gasteiger partial charge in [-0.25, -0.2) is 0 Å². The Bertz CT molecular complexity index is 762. The number of hydrogen-bond donors (Lipinski definition) is 0. The van der Waals surface area contributed by atoms with Gasteiger partial charge in [0.2, 0.25) is 0 Å². The lowest BCUT2D eigenvalue weighted by atomic mass is 9.96. The van der Waals surface area contributed by atoms with Crippen LogP contribution in [0.5, 0.6) is 0 Å². The number of aromatic nitrogens is 3. The smallest absolute Gasteiger partial charge is 0.259 e. The average Bonchev–Trinajstić information content (AvgIpc) is 3.15. The summed E-state index contributed by atoms with van der Waals surface area (Å²) in [6, 6.07) is 0. The van der Waals surface area contributed by atoms with Crippen LogP contribution < -0.4 is 0 Å².